The molecule has 0 saturated carbocycles. The molecule has 0 fully saturated rings. The van der Waals surface area contributed by atoms with Gasteiger partial charge in [-0.05, 0) is 29.5 Å². The highest BCUT2D eigenvalue weighted by atomic mass is 31.2. The van der Waals surface area contributed by atoms with Gasteiger partial charge in [-0.2, -0.15) is 0 Å². The molecule has 0 radical (unpaired) electrons. The number of ether oxygens (including phenoxy) is 2. The predicted molar refractivity (Wildman–Crippen MR) is 73.4 cm³/mol. The van der Waals surface area contributed by atoms with Crippen LogP contribution in [0.1, 0.15) is 16.7 Å². The van der Waals surface area contributed by atoms with Gasteiger partial charge >= 0.3 is 7.60 Å². The molecule has 5 nitrogen and oxygen atoms in total. The minimum absolute atomic E-state index is 0.228. The Morgan fingerprint density at radius 2 is 1.37 bits per heavy atom. The van der Waals surface area contributed by atoms with Crippen LogP contribution in [0, 0.1) is 0 Å². The first kappa shape index (κ1) is 16.3. The third-order valence-corrected chi connectivity index (χ3v) is 3.47. The zero-order valence-electron chi connectivity index (χ0n) is 11.3. The zero-order valence-corrected chi connectivity index (χ0v) is 12.2. The summed E-state index contributed by atoms with van der Waals surface area (Å²) in [7, 11) is -0.781. The number of hydrogen-bond donors (Lipinski definition) is 2. The van der Waals surface area contributed by atoms with Crippen molar-refractivity contribution in [3.63, 3.8) is 0 Å². The minimum Gasteiger partial charge on any atom is -0.384 e. The molecule has 2 N–H and O–H groups in total. The molecule has 1 aromatic rings. The monoisotopic (exact) mass is 288 g/mol. The maximum Gasteiger partial charge on any atom is 0.329 e. The second kappa shape index (κ2) is 7.78. The molecule has 0 aliphatic heterocycles. The summed E-state index contributed by atoms with van der Waals surface area (Å²) >= 11 is 0. The molecule has 0 heterocycles. The van der Waals surface area contributed by atoms with E-state index in [9.17, 15) is 4.57 Å². The Kier molecular flexibility index (Phi) is 6.69. The van der Waals surface area contributed by atoms with Crippen LogP contribution >= 0.6 is 7.60 Å². The summed E-state index contributed by atoms with van der Waals surface area (Å²) in [6, 6.07) is 5.68. The van der Waals surface area contributed by atoms with Crippen molar-refractivity contribution in [2.45, 2.75) is 19.0 Å². The molecule has 0 aliphatic carbocycles. The maximum atomic E-state index is 11.1. The summed E-state index contributed by atoms with van der Waals surface area (Å²) in [5, 5.41) is 0. The highest BCUT2D eigenvalue weighted by Crippen LogP contribution is 2.39. The molecule has 0 atom stereocenters. The molecular formula is C13H21O5P. The molecule has 19 heavy (non-hydrogen) atoms. The third kappa shape index (κ3) is 6.85. The Balaban J connectivity index is 2.91. The fourth-order valence-corrected chi connectivity index (χ4v) is 2.56. The fourth-order valence-electron chi connectivity index (χ4n) is 1.90. The first-order valence-electron chi connectivity index (χ1n) is 6.09. The van der Waals surface area contributed by atoms with E-state index in [-0.39, 0.29) is 6.16 Å². The first-order chi connectivity index (χ1) is 8.94. The van der Waals surface area contributed by atoms with Crippen LogP contribution < -0.4 is 0 Å². The van der Waals surface area contributed by atoms with Gasteiger partial charge in [0.05, 0.1) is 19.4 Å². The highest BCUT2D eigenvalue weighted by molar-refractivity contribution is 7.50. The van der Waals surface area contributed by atoms with Crippen molar-refractivity contribution in [2.75, 3.05) is 27.4 Å². The molecule has 0 saturated heterocycles. The van der Waals surface area contributed by atoms with Crippen molar-refractivity contribution >= 4 is 7.60 Å². The van der Waals surface area contributed by atoms with Crippen LogP contribution in [0.25, 0.3) is 0 Å². The molecule has 0 spiro atoms. The molecule has 1 aromatic carbocycles. The zero-order chi connectivity index (χ0) is 14.3. The summed E-state index contributed by atoms with van der Waals surface area (Å²) in [6.45, 7) is 1.17. The number of methoxy groups -OCH3 is 2. The van der Waals surface area contributed by atoms with Crippen molar-refractivity contribution < 1.29 is 23.8 Å². The fraction of sp³-hybridized carbons (Fsp3) is 0.538. The van der Waals surface area contributed by atoms with Crippen LogP contribution in [0.3, 0.4) is 0 Å². The van der Waals surface area contributed by atoms with Crippen LogP contribution in [-0.2, 0) is 33.0 Å². The third-order valence-electron chi connectivity index (χ3n) is 2.69. The van der Waals surface area contributed by atoms with E-state index >= 15 is 0 Å². The lowest BCUT2D eigenvalue weighted by Crippen LogP contribution is -2.01. The average molecular weight is 288 g/mol. The average Bonchev–Trinajstić information content (AvgIpc) is 2.31. The van der Waals surface area contributed by atoms with Gasteiger partial charge < -0.3 is 19.3 Å². The van der Waals surface area contributed by atoms with Crippen LogP contribution in [0.15, 0.2) is 18.2 Å². The van der Waals surface area contributed by atoms with E-state index in [1.54, 1.807) is 14.2 Å². The maximum absolute atomic E-state index is 11.1. The van der Waals surface area contributed by atoms with Crippen molar-refractivity contribution in [1.29, 1.82) is 0 Å². The van der Waals surface area contributed by atoms with Crippen molar-refractivity contribution in [3.8, 4) is 0 Å². The largest absolute Gasteiger partial charge is 0.384 e. The Morgan fingerprint density at radius 1 is 0.947 bits per heavy atom. The van der Waals surface area contributed by atoms with E-state index in [1.807, 2.05) is 18.2 Å². The minimum atomic E-state index is -4.04. The molecule has 1 rings (SSSR count). The molecule has 108 valence electrons. The van der Waals surface area contributed by atoms with Gasteiger partial charge in [0.1, 0.15) is 0 Å². The summed E-state index contributed by atoms with van der Waals surface area (Å²) in [4.78, 5) is 18.1. The van der Waals surface area contributed by atoms with Gasteiger partial charge in [-0.1, -0.05) is 18.2 Å². The van der Waals surface area contributed by atoms with E-state index < -0.39 is 7.60 Å². The normalized spacial score (nSPS) is 11.8. The number of hydrogen-bond acceptors (Lipinski definition) is 3. The molecule has 0 aromatic heterocycles. The van der Waals surface area contributed by atoms with E-state index in [0.717, 1.165) is 24.0 Å². The lowest BCUT2D eigenvalue weighted by molar-refractivity contribution is 0.201. The van der Waals surface area contributed by atoms with E-state index in [1.165, 1.54) is 0 Å². The Morgan fingerprint density at radius 3 is 1.74 bits per heavy atom. The van der Waals surface area contributed by atoms with E-state index in [4.69, 9.17) is 19.3 Å². The topological polar surface area (TPSA) is 76.0 Å². The van der Waals surface area contributed by atoms with Gasteiger partial charge in [0.15, 0.2) is 0 Å². The van der Waals surface area contributed by atoms with Gasteiger partial charge in [-0.3, -0.25) is 4.57 Å². The molecule has 0 amide bonds. The lowest BCUT2D eigenvalue weighted by Gasteiger charge is -2.10. The SMILES string of the molecule is COCCc1cc(CCOC)cc(CP(=O)(O)O)c1. The Labute approximate surface area is 113 Å². The lowest BCUT2D eigenvalue weighted by atomic mass is 10.0. The molecule has 6 heteroatoms. The summed E-state index contributed by atoms with van der Waals surface area (Å²) in [5.41, 5.74) is 2.71. The van der Waals surface area contributed by atoms with Gasteiger partial charge in [-0.25, -0.2) is 0 Å². The summed E-state index contributed by atoms with van der Waals surface area (Å²) in [5.74, 6) is 0. The predicted octanol–water partition coefficient (Wildman–Crippen LogP) is 1.74. The Bertz CT molecular complexity index is 414. The highest BCUT2D eigenvalue weighted by Gasteiger charge is 2.15. The van der Waals surface area contributed by atoms with E-state index in [2.05, 4.69) is 0 Å². The second-order valence-corrected chi connectivity index (χ2v) is 6.11. The second-order valence-electron chi connectivity index (χ2n) is 4.47. The first-order valence-corrected chi connectivity index (χ1v) is 7.88. The van der Waals surface area contributed by atoms with Crippen molar-refractivity contribution in [2.24, 2.45) is 0 Å². The van der Waals surface area contributed by atoms with Gasteiger partial charge in [-0.15, -0.1) is 0 Å². The van der Waals surface area contributed by atoms with Crippen molar-refractivity contribution in [1.82, 2.24) is 0 Å². The number of benzene rings is 1. The molecule has 0 bridgehead atoms. The van der Waals surface area contributed by atoms with Crippen molar-refractivity contribution in [3.05, 3.63) is 34.9 Å². The van der Waals surface area contributed by atoms with Gasteiger partial charge in [0.25, 0.3) is 0 Å². The smallest absolute Gasteiger partial charge is 0.329 e. The summed E-state index contributed by atoms with van der Waals surface area (Å²) in [6.07, 6.45) is 1.23. The van der Waals surface area contributed by atoms with Crippen LogP contribution in [0.5, 0.6) is 0 Å². The van der Waals surface area contributed by atoms with Crippen LogP contribution in [0.4, 0.5) is 0 Å². The molecule has 0 aliphatic rings. The van der Waals surface area contributed by atoms with Gasteiger partial charge in [0, 0.05) is 14.2 Å². The van der Waals surface area contributed by atoms with Gasteiger partial charge in [0.2, 0.25) is 0 Å². The standard InChI is InChI=1S/C13H21O5P/c1-17-5-3-11-7-12(4-6-18-2)9-13(8-11)10-19(14,15)16/h7-9H,3-6,10H2,1-2H3,(H2,14,15,16). The van der Waals surface area contributed by atoms with E-state index in [0.29, 0.717) is 18.8 Å². The quantitative estimate of drug-likeness (QED) is 0.713. The molecule has 0 unspecified atom stereocenters. The van der Waals surface area contributed by atoms with Crippen LogP contribution in [0.2, 0.25) is 0 Å². The number of rotatable bonds is 8. The van der Waals surface area contributed by atoms with Crippen LogP contribution in [-0.4, -0.2) is 37.2 Å². The Hall–Kier alpha value is -0.710. The molecular weight excluding hydrogens is 267 g/mol. The summed E-state index contributed by atoms with van der Waals surface area (Å²) < 4.78 is 21.2.